The second kappa shape index (κ2) is 5.65. The van der Waals surface area contributed by atoms with Gasteiger partial charge in [0.1, 0.15) is 0 Å². The zero-order chi connectivity index (χ0) is 13.1. The van der Waals surface area contributed by atoms with Gasteiger partial charge in [-0.3, -0.25) is 0 Å². The molecule has 2 nitrogen and oxygen atoms in total. The summed E-state index contributed by atoms with van der Waals surface area (Å²) in [7, 11) is 0. The van der Waals surface area contributed by atoms with Crippen LogP contribution in [0.25, 0.3) is 0 Å². The molecule has 2 atom stereocenters. The first-order valence-electron chi connectivity index (χ1n) is 6.52. The Morgan fingerprint density at radius 2 is 2.17 bits per heavy atom. The Balaban J connectivity index is 1.93. The molecule has 2 unspecified atom stereocenters. The fourth-order valence-electron chi connectivity index (χ4n) is 2.48. The van der Waals surface area contributed by atoms with Crippen LogP contribution < -0.4 is 10.6 Å². The third kappa shape index (κ3) is 3.19. The van der Waals surface area contributed by atoms with E-state index in [1.807, 2.05) is 6.92 Å². The summed E-state index contributed by atoms with van der Waals surface area (Å²) >= 11 is 0. The third-order valence-electron chi connectivity index (χ3n) is 3.58. The lowest BCUT2D eigenvalue weighted by atomic mass is 10.0. The number of hydrogen-bond donors (Lipinski definition) is 1. The minimum absolute atomic E-state index is 0.238. The van der Waals surface area contributed by atoms with Crippen molar-refractivity contribution in [1.29, 1.82) is 0 Å². The molecule has 0 bridgehead atoms. The largest absolute Gasteiger partial charge is 0.371 e. The molecule has 0 radical (unpaired) electrons. The lowest BCUT2D eigenvalue weighted by Crippen LogP contribution is -2.21. The maximum atomic E-state index is 13.2. The van der Waals surface area contributed by atoms with Crippen molar-refractivity contribution in [2.45, 2.75) is 32.2 Å². The molecule has 0 spiro atoms. The molecule has 4 heteroatoms. The second-order valence-corrected chi connectivity index (χ2v) is 5.25. The van der Waals surface area contributed by atoms with Crippen LogP contribution in [0, 0.1) is 17.6 Å². The number of halogens is 2. The molecule has 0 saturated carbocycles. The van der Waals surface area contributed by atoms with E-state index in [1.54, 1.807) is 6.07 Å². The molecule has 2 N–H and O–H groups in total. The van der Waals surface area contributed by atoms with E-state index in [4.69, 9.17) is 5.73 Å². The van der Waals surface area contributed by atoms with Crippen LogP contribution in [0.5, 0.6) is 0 Å². The number of nitrogens with zero attached hydrogens (tertiary/aromatic N) is 1. The van der Waals surface area contributed by atoms with E-state index < -0.39 is 11.6 Å². The molecular weight excluding hydrogens is 234 g/mol. The first kappa shape index (κ1) is 13.3. The molecule has 2 rings (SSSR count). The van der Waals surface area contributed by atoms with Crippen LogP contribution >= 0.6 is 0 Å². The monoisotopic (exact) mass is 254 g/mol. The van der Waals surface area contributed by atoms with Gasteiger partial charge in [-0.25, -0.2) is 8.78 Å². The fraction of sp³-hybridized carbons (Fsp3) is 0.571. The molecule has 1 saturated heterocycles. The minimum atomic E-state index is -0.786. The SMILES string of the molecule is CC(N)CCC1CCN(c2ccc(F)c(F)c2)C1. The summed E-state index contributed by atoms with van der Waals surface area (Å²) in [4.78, 5) is 2.12. The number of benzene rings is 1. The van der Waals surface area contributed by atoms with Gasteiger partial charge >= 0.3 is 0 Å². The Kier molecular flexibility index (Phi) is 4.17. The third-order valence-corrected chi connectivity index (χ3v) is 3.58. The normalized spacial score (nSPS) is 21.3. The van der Waals surface area contributed by atoms with Gasteiger partial charge in [-0.15, -0.1) is 0 Å². The van der Waals surface area contributed by atoms with Crippen molar-refractivity contribution in [3.05, 3.63) is 29.8 Å². The maximum Gasteiger partial charge on any atom is 0.160 e. The first-order valence-corrected chi connectivity index (χ1v) is 6.52. The predicted octanol–water partition coefficient (Wildman–Crippen LogP) is 2.92. The smallest absolute Gasteiger partial charge is 0.160 e. The van der Waals surface area contributed by atoms with E-state index >= 15 is 0 Å². The number of anilines is 1. The Bertz CT molecular complexity index is 407. The molecule has 0 amide bonds. The zero-order valence-corrected chi connectivity index (χ0v) is 10.7. The van der Waals surface area contributed by atoms with Crippen LogP contribution in [0.1, 0.15) is 26.2 Å². The maximum absolute atomic E-state index is 13.2. The van der Waals surface area contributed by atoms with Crippen molar-refractivity contribution in [2.75, 3.05) is 18.0 Å². The van der Waals surface area contributed by atoms with Crippen molar-refractivity contribution in [2.24, 2.45) is 11.7 Å². The van der Waals surface area contributed by atoms with E-state index in [0.29, 0.717) is 5.92 Å². The fourth-order valence-corrected chi connectivity index (χ4v) is 2.48. The van der Waals surface area contributed by atoms with Crippen molar-refractivity contribution >= 4 is 5.69 Å². The minimum Gasteiger partial charge on any atom is -0.371 e. The summed E-state index contributed by atoms with van der Waals surface area (Å²) in [5.74, 6) is -0.943. The van der Waals surface area contributed by atoms with Crippen molar-refractivity contribution in [3.63, 3.8) is 0 Å². The lowest BCUT2D eigenvalue weighted by molar-refractivity contribution is 0.483. The van der Waals surface area contributed by atoms with E-state index in [2.05, 4.69) is 4.90 Å². The summed E-state index contributed by atoms with van der Waals surface area (Å²) in [6, 6.07) is 4.36. The molecule has 0 aliphatic carbocycles. The van der Waals surface area contributed by atoms with Crippen LogP contribution in [0.15, 0.2) is 18.2 Å². The second-order valence-electron chi connectivity index (χ2n) is 5.25. The molecule has 1 aromatic rings. The predicted molar refractivity (Wildman–Crippen MR) is 69.6 cm³/mol. The lowest BCUT2D eigenvalue weighted by Gasteiger charge is -2.19. The van der Waals surface area contributed by atoms with E-state index in [1.165, 1.54) is 12.1 Å². The molecule has 1 aliphatic rings. The standard InChI is InChI=1S/C14H20F2N2/c1-10(17)2-3-11-6-7-18(9-11)12-4-5-13(15)14(16)8-12/h4-5,8,10-11H,2-3,6-7,9,17H2,1H3. The highest BCUT2D eigenvalue weighted by Gasteiger charge is 2.23. The summed E-state index contributed by atoms with van der Waals surface area (Å²) in [6.07, 6.45) is 3.24. The highest BCUT2D eigenvalue weighted by Crippen LogP contribution is 2.27. The summed E-state index contributed by atoms with van der Waals surface area (Å²) in [5, 5.41) is 0. The van der Waals surface area contributed by atoms with Gasteiger partial charge in [-0.1, -0.05) is 0 Å². The first-order chi connectivity index (χ1) is 8.56. The van der Waals surface area contributed by atoms with E-state index in [-0.39, 0.29) is 6.04 Å². The number of rotatable bonds is 4. The van der Waals surface area contributed by atoms with Crippen LogP contribution in [0.4, 0.5) is 14.5 Å². The van der Waals surface area contributed by atoms with Crippen LogP contribution in [-0.2, 0) is 0 Å². The van der Waals surface area contributed by atoms with Crippen LogP contribution in [0.3, 0.4) is 0 Å². The van der Waals surface area contributed by atoms with Gasteiger partial charge in [-0.2, -0.15) is 0 Å². The van der Waals surface area contributed by atoms with Gasteiger partial charge in [0.15, 0.2) is 11.6 Å². The molecule has 100 valence electrons. The molecule has 1 fully saturated rings. The van der Waals surface area contributed by atoms with Gasteiger partial charge in [0.05, 0.1) is 0 Å². The Hall–Kier alpha value is -1.16. The van der Waals surface area contributed by atoms with Crippen LogP contribution in [-0.4, -0.2) is 19.1 Å². The quantitative estimate of drug-likeness (QED) is 0.895. The van der Waals surface area contributed by atoms with Gasteiger partial charge < -0.3 is 10.6 Å². The van der Waals surface area contributed by atoms with Gasteiger partial charge in [0.2, 0.25) is 0 Å². The molecule has 1 aromatic carbocycles. The van der Waals surface area contributed by atoms with Gasteiger partial charge in [-0.05, 0) is 44.2 Å². The summed E-state index contributed by atoms with van der Waals surface area (Å²) < 4.78 is 26.0. The average Bonchev–Trinajstić information content (AvgIpc) is 2.79. The van der Waals surface area contributed by atoms with Gasteiger partial charge in [0, 0.05) is 30.9 Å². The molecule has 18 heavy (non-hydrogen) atoms. The van der Waals surface area contributed by atoms with E-state index in [0.717, 1.165) is 38.0 Å². The van der Waals surface area contributed by atoms with Crippen molar-refractivity contribution < 1.29 is 8.78 Å². The average molecular weight is 254 g/mol. The van der Waals surface area contributed by atoms with Crippen LogP contribution in [0.2, 0.25) is 0 Å². The number of hydrogen-bond acceptors (Lipinski definition) is 2. The van der Waals surface area contributed by atoms with Crippen molar-refractivity contribution in [3.8, 4) is 0 Å². The van der Waals surface area contributed by atoms with Gasteiger partial charge in [0.25, 0.3) is 0 Å². The molecule has 0 aromatic heterocycles. The molecule has 1 heterocycles. The Morgan fingerprint density at radius 1 is 1.39 bits per heavy atom. The highest BCUT2D eigenvalue weighted by atomic mass is 19.2. The zero-order valence-electron chi connectivity index (χ0n) is 10.7. The number of nitrogens with two attached hydrogens (primary N) is 1. The van der Waals surface area contributed by atoms with E-state index in [9.17, 15) is 8.78 Å². The van der Waals surface area contributed by atoms with Crippen molar-refractivity contribution in [1.82, 2.24) is 0 Å². The summed E-state index contributed by atoms with van der Waals surface area (Å²) in [6.45, 7) is 3.84. The Labute approximate surface area is 107 Å². The molecule has 1 aliphatic heterocycles. The summed E-state index contributed by atoms with van der Waals surface area (Å²) in [5.41, 5.74) is 6.52. The molecular formula is C14H20F2N2. The Morgan fingerprint density at radius 3 is 2.83 bits per heavy atom. The topological polar surface area (TPSA) is 29.3 Å². The highest BCUT2D eigenvalue weighted by molar-refractivity contribution is 5.47.